The molecule has 1 aromatic carbocycles. The molecule has 1 aromatic rings. The van der Waals surface area contributed by atoms with E-state index in [1.54, 1.807) is 14.2 Å². The van der Waals surface area contributed by atoms with Crippen molar-refractivity contribution in [2.45, 2.75) is 24.8 Å². The summed E-state index contributed by atoms with van der Waals surface area (Å²) in [5.74, 6) is 0.0161. The minimum atomic E-state index is -0.729. The molecular formula is C19H29N3O4. The third kappa shape index (κ3) is 5.44. The van der Waals surface area contributed by atoms with E-state index >= 15 is 0 Å². The van der Waals surface area contributed by atoms with Gasteiger partial charge in [0.15, 0.2) is 0 Å². The van der Waals surface area contributed by atoms with Crippen molar-refractivity contribution in [1.29, 1.82) is 0 Å². The van der Waals surface area contributed by atoms with E-state index in [0.29, 0.717) is 52.1 Å². The fourth-order valence-electron chi connectivity index (χ4n) is 3.13. The van der Waals surface area contributed by atoms with Gasteiger partial charge < -0.3 is 25.0 Å². The van der Waals surface area contributed by atoms with Crippen molar-refractivity contribution >= 4 is 17.5 Å². The molecule has 0 atom stereocenters. The van der Waals surface area contributed by atoms with Gasteiger partial charge >= 0.3 is 0 Å². The van der Waals surface area contributed by atoms with Crippen molar-refractivity contribution in [3.63, 3.8) is 0 Å². The zero-order valence-corrected chi connectivity index (χ0v) is 15.6. The molecule has 0 unspecified atom stereocenters. The number of carbonyl (C=O) groups excluding carboxylic acids is 2. The Balaban J connectivity index is 2.05. The lowest BCUT2D eigenvalue weighted by molar-refractivity contribution is -0.136. The number of rotatable bonds is 9. The van der Waals surface area contributed by atoms with Gasteiger partial charge in [-0.1, -0.05) is 18.2 Å². The second-order valence-corrected chi connectivity index (χ2v) is 6.45. The van der Waals surface area contributed by atoms with Gasteiger partial charge in [-0.3, -0.25) is 9.59 Å². The number of para-hydroxylation sites is 1. The molecule has 26 heavy (non-hydrogen) atoms. The van der Waals surface area contributed by atoms with Crippen molar-refractivity contribution in [3.05, 3.63) is 30.3 Å². The lowest BCUT2D eigenvalue weighted by atomic mass is 9.85. The molecule has 0 bridgehead atoms. The third-order valence-electron chi connectivity index (χ3n) is 4.67. The highest BCUT2D eigenvalue weighted by Gasteiger charge is 2.42. The van der Waals surface area contributed by atoms with Crippen molar-refractivity contribution < 1.29 is 19.1 Å². The van der Waals surface area contributed by atoms with Gasteiger partial charge in [-0.2, -0.15) is 0 Å². The zero-order chi connectivity index (χ0) is 18.8. The quantitative estimate of drug-likeness (QED) is 0.646. The van der Waals surface area contributed by atoms with E-state index in [-0.39, 0.29) is 11.8 Å². The first kappa shape index (κ1) is 20.2. The van der Waals surface area contributed by atoms with Crippen LogP contribution in [-0.4, -0.2) is 69.3 Å². The average molecular weight is 363 g/mol. The van der Waals surface area contributed by atoms with Gasteiger partial charge in [-0.25, -0.2) is 0 Å². The van der Waals surface area contributed by atoms with Crippen LogP contribution >= 0.6 is 0 Å². The van der Waals surface area contributed by atoms with E-state index in [0.717, 1.165) is 5.69 Å². The summed E-state index contributed by atoms with van der Waals surface area (Å²) < 4.78 is 10.00. The van der Waals surface area contributed by atoms with E-state index < -0.39 is 5.54 Å². The molecule has 0 spiro atoms. The first-order valence-electron chi connectivity index (χ1n) is 8.98. The maximum absolute atomic E-state index is 12.9. The SMILES string of the molecule is COCCNC(=O)C1(Nc2ccccc2)CCN(C(=O)CCOC)CC1. The topological polar surface area (TPSA) is 79.9 Å². The highest BCUT2D eigenvalue weighted by atomic mass is 16.5. The predicted molar refractivity (Wildman–Crippen MR) is 100.0 cm³/mol. The molecule has 1 aliphatic rings. The molecule has 7 nitrogen and oxygen atoms in total. The first-order chi connectivity index (χ1) is 12.6. The molecule has 0 aliphatic carbocycles. The van der Waals surface area contributed by atoms with Crippen LogP contribution in [0.3, 0.4) is 0 Å². The van der Waals surface area contributed by atoms with Crippen LogP contribution in [0.4, 0.5) is 5.69 Å². The highest BCUT2D eigenvalue weighted by molar-refractivity contribution is 5.90. The van der Waals surface area contributed by atoms with Crippen LogP contribution in [0.1, 0.15) is 19.3 Å². The van der Waals surface area contributed by atoms with Crippen LogP contribution in [0.25, 0.3) is 0 Å². The van der Waals surface area contributed by atoms with Gasteiger partial charge in [0.25, 0.3) is 0 Å². The van der Waals surface area contributed by atoms with Crippen molar-refractivity contribution in [1.82, 2.24) is 10.2 Å². The molecule has 144 valence electrons. The second-order valence-electron chi connectivity index (χ2n) is 6.45. The first-order valence-corrected chi connectivity index (χ1v) is 8.98. The Morgan fingerprint density at radius 2 is 1.73 bits per heavy atom. The Kier molecular flexibility index (Phi) is 7.87. The Bertz CT molecular complexity index is 571. The zero-order valence-electron chi connectivity index (χ0n) is 15.6. The number of methoxy groups -OCH3 is 2. The lowest BCUT2D eigenvalue weighted by Gasteiger charge is -2.41. The standard InChI is InChI=1S/C19H29N3O4/c1-25-14-8-17(23)22-12-9-19(10-13-22,18(24)20-11-15-26-2)21-16-6-4-3-5-7-16/h3-7,21H,8-15H2,1-2H3,(H,20,24). The number of amides is 2. The predicted octanol–water partition coefficient (Wildman–Crippen LogP) is 1.26. The normalized spacial score (nSPS) is 16.2. The Morgan fingerprint density at radius 1 is 1.08 bits per heavy atom. The molecule has 2 amide bonds. The van der Waals surface area contributed by atoms with Crippen LogP contribution in [-0.2, 0) is 19.1 Å². The molecular weight excluding hydrogens is 334 g/mol. The number of nitrogens with zero attached hydrogens (tertiary/aromatic N) is 1. The Labute approximate surface area is 155 Å². The fourth-order valence-corrected chi connectivity index (χ4v) is 3.13. The van der Waals surface area contributed by atoms with E-state index in [1.165, 1.54) is 0 Å². The summed E-state index contributed by atoms with van der Waals surface area (Å²) in [5, 5.41) is 6.35. The van der Waals surface area contributed by atoms with Crippen molar-refractivity contribution in [2.24, 2.45) is 0 Å². The second kappa shape index (κ2) is 10.1. The van der Waals surface area contributed by atoms with Gasteiger partial charge in [0.2, 0.25) is 11.8 Å². The van der Waals surface area contributed by atoms with Gasteiger partial charge in [0.05, 0.1) is 19.6 Å². The van der Waals surface area contributed by atoms with Crippen molar-refractivity contribution in [3.8, 4) is 0 Å². The maximum atomic E-state index is 12.9. The maximum Gasteiger partial charge on any atom is 0.245 e. The van der Waals surface area contributed by atoms with Crippen LogP contribution in [0, 0.1) is 0 Å². The van der Waals surface area contributed by atoms with Crippen LogP contribution in [0.15, 0.2) is 30.3 Å². The van der Waals surface area contributed by atoms with Crippen LogP contribution < -0.4 is 10.6 Å². The molecule has 0 radical (unpaired) electrons. The van der Waals surface area contributed by atoms with E-state index in [1.807, 2.05) is 35.2 Å². The molecule has 1 fully saturated rings. The average Bonchev–Trinajstić information content (AvgIpc) is 2.67. The number of ether oxygens (including phenoxy) is 2. The molecule has 1 aliphatic heterocycles. The molecule has 0 aromatic heterocycles. The fraction of sp³-hybridized carbons (Fsp3) is 0.579. The number of anilines is 1. The number of carbonyl (C=O) groups is 2. The largest absolute Gasteiger partial charge is 0.384 e. The van der Waals surface area contributed by atoms with Gasteiger partial charge in [-0.15, -0.1) is 0 Å². The smallest absolute Gasteiger partial charge is 0.245 e. The van der Waals surface area contributed by atoms with Crippen molar-refractivity contribution in [2.75, 3.05) is 52.4 Å². The number of hydrogen-bond donors (Lipinski definition) is 2. The number of piperidine rings is 1. The van der Waals surface area contributed by atoms with Crippen LogP contribution in [0.2, 0.25) is 0 Å². The minimum Gasteiger partial charge on any atom is -0.384 e. The monoisotopic (exact) mass is 363 g/mol. The summed E-state index contributed by atoms with van der Waals surface area (Å²) in [5.41, 5.74) is 0.168. The summed E-state index contributed by atoms with van der Waals surface area (Å²) in [6.07, 6.45) is 1.48. The van der Waals surface area contributed by atoms with Crippen LogP contribution in [0.5, 0.6) is 0 Å². The van der Waals surface area contributed by atoms with Gasteiger partial charge in [-0.05, 0) is 25.0 Å². The Morgan fingerprint density at radius 3 is 2.35 bits per heavy atom. The number of likely N-dealkylation sites (tertiary alicyclic amines) is 1. The van der Waals surface area contributed by atoms with E-state index in [4.69, 9.17) is 9.47 Å². The summed E-state index contributed by atoms with van der Waals surface area (Å²) in [7, 11) is 3.19. The molecule has 1 saturated heterocycles. The summed E-state index contributed by atoms with van der Waals surface area (Å²) in [6.45, 7) is 2.43. The number of hydrogen-bond acceptors (Lipinski definition) is 5. The summed E-state index contributed by atoms with van der Waals surface area (Å²) in [6, 6.07) is 9.69. The van der Waals surface area contributed by atoms with Gasteiger partial charge in [0, 0.05) is 39.5 Å². The van der Waals surface area contributed by atoms with Gasteiger partial charge in [0.1, 0.15) is 5.54 Å². The Hall–Kier alpha value is -2.12. The van der Waals surface area contributed by atoms with E-state index in [9.17, 15) is 9.59 Å². The number of benzene rings is 1. The number of nitrogens with one attached hydrogen (secondary N) is 2. The lowest BCUT2D eigenvalue weighted by Crippen LogP contribution is -2.59. The minimum absolute atomic E-state index is 0.0533. The highest BCUT2D eigenvalue weighted by Crippen LogP contribution is 2.28. The summed E-state index contributed by atoms with van der Waals surface area (Å²) in [4.78, 5) is 26.9. The van der Waals surface area contributed by atoms with E-state index in [2.05, 4.69) is 10.6 Å². The molecule has 2 rings (SSSR count). The summed E-state index contributed by atoms with van der Waals surface area (Å²) >= 11 is 0. The third-order valence-corrected chi connectivity index (χ3v) is 4.67. The molecule has 2 N–H and O–H groups in total. The molecule has 0 saturated carbocycles. The molecule has 7 heteroatoms. The molecule has 1 heterocycles.